The van der Waals surface area contributed by atoms with Crippen LogP contribution in [0.5, 0.6) is 0 Å². The summed E-state index contributed by atoms with van der Waals surface area (Å²) in [7, 11) is 0. The summed E-state index contributed by atoms with van der Waals surface area (Å²) < 4.78 is 0. The van der Waals surface area contributed by atoms with Crippen molar-refractivity contribution in [2.24, 2.45) is 5.73 Å². The SMILES string of the molecule is Cc1csc(C(N)Cc2ccc(Cl)cc2)c1Cl. The molecule has 1 nitrogen and oxygen atoms in total. The molecule has 1 aromatic carbocycles. The Kier molecular flexibility index (Phi) is 4.10. The minimum atomic E-state index is -0.0534. The molecule has 0 aliphatic heterocycles. The van der Waals surface area contributed by atoms with Crippen molar-refractivity contribution in [3.05, 3.63) is 55.7 Å². The fourth-order valence-electron chi connectivity index (χ4n) is 1.67. The van der Waals surface area contributed by atoms with Crippen molar-refractivity contribution in [1.29, 1.82) is 0 Å². The van der Waals surface area contributed by atoms with Gasteiger partial charge in [0.2, 0.25) is 0 Å². The van der Waals surface area contributed by atoms with Gasteiger partial charge in [0.25, 0.3) is 0 Å². The van der Waals surface area contributed by atoms with Gasteiger partial charge in [-0.25, -0.2) is 0 Å². The number of nitrogens with two attached hydrogens (primary N) is 1. The second kappa shape index (κ2) is 5.40. The minimum absolute atomic E-state index is 0.0534. The second-order valence-corrected chi connectivity index (χ2v) is 5.76. The molecule has 1 aromatic heterocycles. The van der Waals surface area contributed by atoms with Gasteiger partial charge in [0.1, 0.15) is 0 Å². The molecule has 2 N–H and O–H groups in total. The summed E-state index contributed by atoms with van der Waals surface area (Å²) in [5, 5.41) is 3.59. The van der Waals surface area contributed by atoms with Crippen LogP contribution < -0.4 is 5.73 Å². The lowest BCUT2D eigenvalue weighted by atomic mass is 10.1. The van der Waals surface area contributed by atoms with Crippen LogP contribution in [-0.4, -0.2) is 0 Å². The smallest absolute Gasteiger partial charge is 0.0590 e. The van der Waals surface area contributed by atoms with Gasteiger partial charge in [-0.15, -0.1) is 11.3 Å². The summed E-state index contributed by atoms with van der Waals surface area (Å²) >= 11 is 13.7. The van der Waals surface area contributed by atoms with Gasteiger partial charge in [-0.2, -0.15) is 0 Å². The van der Waals surface area contributed by atoms with Crippen LogP contribution in [0, 0.1) is 6.92 Å². The van der Waals surface area contributed by atoms with Crippen LogP contribution >= 0.6 is 34.5 Å². The van der Waals surface area contributed by atoms with Crippen LogP contribution in [-0.2, 0) is 6.42 Å². The highest BCUT2D eigenvalue weighted by molar-refractivity contribution is 7.10. The molecule has 1 atom stereocenters. The van der Waals surface area contributed by atoms with E-state index in [2.05, 4.69) is 0 Å². The first-order valence-electron chi connectivity index (χ1n) is 5.31. The quantitative estimate of drug-likeness (QED) is 0.876. The number of hydrogen-bond acceptors (Lipinski definition) is 2. The van der Waals surface area contributed by atoms with Crippen LogP contribution in [0.2, 0.25) is 10.0 Å². The normalized spacial score (nSPS) is 12.7. The van der Waals surface area contributed by atoms with Crippen molar-refractivity contribution in [2.45, 2.75) is 19.4 Å². The Bertz CT molecular complexity index is 505. The number of hydrogen-bond donors (Lipinski definition) is 1. The van der Waals surface area contributed by atoms with E-state index >= 15 is 0 Å². The van der Waals surface area contributed by atoms with E-state index in [1.807, 2.05) is 36.6 Å². The van der Waals surface area contributed by atoms with E-state index in [4.69, 9.17) is 28.9 Å². The number of thiophene rings is 1. The Labute approximate surface area is 115 Å². The topological polar surface area (TPSA) is 26.0 Å². The number of aryl methyl sites for hydroxylation is 1. The maximum absolute atomic E-state index is 6.20. The monoisotopic (exact) mass is 285 g/mol. The first kappa shape index (κ1) is 12.9. The fourth-order valence-corrected chi connectivity index (χ4v) is 3.13. The highest BCUT2D eigenvalue weighted by Gasteiger charge is 2.14. The van der Waals surface area contributed by atoms with Crippen molar-refractivity contribution in [3.8, 4) is 0 Å². The Morgan fingerprint density at radius 1 is 1.24 bits per heavy atom. The Morgan fingerprint density at radius 3 is 2.41 bits per heavy atom. The molecule has 4 heteroatoms. The van der Waals surface area contributed by atoms with E-state index < -0.39 is 0 Å². The van der Waals surface area contributed by atoms with Gasteiger partial charge in [-0.3, -0.25) is 0 Å². The molecule has 0 radical (unpaired) electrons. The Hall–Kier alpha value is -0.540. The number of halogens is 2. The van der Waals surface area contributed by atoms with Crippen LogP contribution in [0.1, 0.15) is 22.0 Å². The van der Waals surface area contributed by atoms with Gasteiger partial charge < -0.3 is 5.73 Å². The standard InChI is InChI=1S/C13H13Cl2NS/c1-8-7-17-13(12(8)15)11(16)6-9-2-4-10(14)5-3-9/h2-5,7,11H,6,16H2,1H3. The molecule has 0 aliphatic carbocycles. The summed E-state index contributed by atoms with van der Waals surface area (Å²) in [5.74, 6) is 0. The lowest BCUT2D eigenvalue weighted by molar-refractivity contribution is 0.736. The van der Waals surface area contributed by atoms with Crippen molar-refractivity contribution < 1.29 is 0 Å². The number of rotatable bonds is 3. The highest BCUT2D eigenvalue weighted by atomic mass is 35.5. The van der Waals surface area contributed by atoms with Gasteiger partial charge >= 0.3 is 0 Å². The van der Waals surface area contributed by atoms with E-state index in [0.29, 0.717) is 0 Å². The molecule has 0 saturated carbocycles. The first-order valence-corrected chi connectivity index (χ1v) is 6.95. The van der Waals surface area contributed by atoms with Gasteiger partial charge in [-0.1, -0.05) is 35.3 Å². The molecule has 1 unspecified atom stereocenters. The van der Waals surface area contributed by atoms with Crippen LogP contribution in [0.4, 0.5) is 0 Å². The molecule has 1 heterocycles. The van der Waals surface area contributed by atoms with Crippen molar-refractivity contribution in [3.63, 3.8) is 0 Å². The molecule has 0 spiro atoms. The summed E-state index contributed by atoms with van der Waals surface area (Å²) in [6, 6.07) is 7.70. The molecule has 0 aliphatic rings. The first-order chi connectivity index (χ1) is 8.08. The molecule has 0 saturated heterocycles. The Morgan fingerprint density at radius 2 is 1.88 bits per heavy atom. The van der Waals surface area contributed by atoms with E-state index in [9.17, 15) is 0 Å². The molecule has 17 heavy (non-hydrogen) atoms. The fraction of sp³-hybridized carbons (Fsp3) is 0.231. The number of benzene rings is 1. The maximum Gasteiger partial charge on any atom is 0.0590 e. The lowest BCUT2D eigenvalue weighted by Crippen LogP contribution is -2.12. The zero-order valence-corrected chi connectivity index (χ0v) is 11.7. The summed E-state index contributed by atoms with van der Waals surface area (Å²) in [4.78, 5) is 1.05. The van der Waals surface area contributed by atoms with Gasteiger partial charge in [0.15, 0.2) is 0 Å². The molecular weight excluding hydrogens is 273 g/mol. The van der Waals surface area contributed by atoms with E-state index in [1.54, 1.807) is 11.3 Å². The zero-order chi connectivity index (χ0) is 12.4. The summed E-state index contributed by atoms with van der Waals surface area (Å²) in [6.07, 6.45) is 0.775. The third-order valence-corrected chi connectivity index (χ3v) is 4.73. The molecule has 90 valence electrons. The van der Waals surface area contributed by atoms with Crippen LogP contribution in [0.25, 0.3) is 0 Å². The molecular formula is C13H13Cl2NS. The van der Waals surface area contributed by atoms with E-state index in [1.165, 1.54) is 5.56 Å². The van der Waals surface area contributed by atoms with E-state index in [0.717, 1.165) is 26.9 Å². The highest BCUT2D eigenvalue weighted by Crippen LogP contribution is 2.32. The Balaban J connectivity index is 2.14. The van der Waals surface area contributed by atoms with Gasteiger partial charge in [0.05, 0.1) is 5.02 Å². The predicted octanol–water partition coefficient (Wildman–Crippen LogP) is 4.61. The predicted molar refractivity (Wildman–Crippen MR) is 76.2 cm³/mol. The lowest BCUT2D eigenvalue weighted by Gasteiger charge is -2.10. The summed E-state index contributed by atoms with van der Waals surface area (Å²) in [6.45, 7) is 2.00. The third-order valence-electron chi connectivity index (χ3n) is 2.63. The molecule has 2 rings (SSSR count). The molecule has 0 bridgehead atoms. The van der Waals surface area contributed by atoms with Crippen molar-refractivity contribution >= 4 is 34.5 Å². The maximum atomic E-state index is 6.20. The molecule has 0 amide bonds. The minimum Gasteiger partial charge on any atom is -0.323 e. The van der Waals surface area contributed by atoms with Crippen LogP contribution in [0.15, 0.2) is 29.6 Å². The second-order valence-electron chi connectivity index (χ2n) is 4.03. The van der Waals surface area contributed by atoms with Crippen molar-refractivity contribution in [1.82, 2.24) is 0 Å². The third kappa shape index (κ3) is 3.02. The largest absolute Gasteiger partial charge is 0.323 e. The van der Waals surface area contributed by atoms with E-state index in [-0.39, 0.29) is 6.04 Å². The average Bonchev–Trinajstić information content (AvgIpc) is 2.63. The van der Waals surface area contributed by atoms with Crippen LogP contribution in [0.3, 0.4) is 0 Å². The van der Waals surface area contributed by atoms with Crippen molar-refractivity contribution in [2.75, 3.05) is 0 Å². The zero-order valence-electron chi connectivity index (χ0n) is 9.41. The molecule has 0 fully saturated rings. The summed E-state index contributed by atoms with van der Waals surface area (Å²) in [5.41, 5.74) is 8.44. The van der Waals surface area contributed by atoms with Gasteiger partial charge in [-0.05, 0) is 42.0 Å². The molecule has 2 aromatic rings. The van der Waals surface area contributed by atoms with Gasteiger partial charge in [0, 0.05) is 15.9 Å². The average molecular weight is 286 g/mol.